The normalized spacial score (nSPS) is 29.3. The molecular weight excluding hydrogens is 116 g/mol. The Hall–Kier alpha value is -0.120. The van der Waals surface area contributed by atoms with Gasteiger partial charge in [0.2, 0.25) is 0 Å². The molecule has 9 heavy (non-hydrogen) atoms. The topological polar surface area (TPSA) is 33.3 Å². The predicted octanol–water partition coefficient (Wildman–Crippen LogP) is -1.05. The molecule has 2 aliphatic rings. The molecule has 0 spiro atoms. The smallest absolute Gasteiger partial charge is 0.0828 e. The van der Waals surface area contributed by atoms with Crippen molar-refractivity contribution >= 4 is 0 Å². The lowest BCUT2D eigenvalue weighted by Crippen LogP contribution is -2.56. The summed E-state index contributed by atoms with van der Waals surface area (Å²) in [6.07, 6.45) is 1.02. The first-order valence-corrected chi connectivity index (χ1v) is 3.52. The lowest BCUT2D eigenvalue weighted by molar-refractivity contribution is -0.0585. The van der Waals surface area contributed by atoms with E-state index in [0.717, 1.165) is 26.2 Å². The van der Waals surface area contributed by atoms with E-state index in [4.69, 9.17) is 4.74 Å². The summed E-state index contributed by atoms with van der Waals surface area (Å²) in [5.41, 5.74) is 0. The highest BCUT2D eigenvalue weighted by Crippen LogP contribution is 2.05. The van der Waals surface area contributed by atoms with Crippen molar-refractivity contribution in [3.05, 3.63) is 0 Å². The summed E-state index contributed by atoms with van der Waals surface area (Å²) < 4.78 is 5.60. The van der Waals surface area contributed by atoms with Gasteiger partial charge in [-0.3, -0.25) is 0 Å². The Balaban J connectivity index is 1.64. The number of nitrogens with one attached hydrogen (secondary N) is 2. The van der Waals surface area contributed by atoms with Gasteiger partial charge in [-0.05, 0) is 0 Å². The van der Waals surface area contributed by atoms with Gasteiger partial charge in [0.15, 0.2) is 0 Å². The Labute approximate surface area is 54.8 Å². The summed E-state index contributed by atoms with van der Waals surface area (Å²) in [7, 11) is 0. The van der Waals surface area contributed by atoms with E-state index in [1.165, 1.54) is 0 Å². The third kappa shape index (κ3) is 1.08. The fourth-order valence-electron chi connectivity index (χ4n) is 0.989. The molecule has 0 aliphatic carbocycles. The fourth-order valence-corrected chi connectivity index (χ4v) is 0.989. The average Bonchev–Trinajstić information content (AvgIpc) is 1.57. The molecule has 2 fully saturated rings. The fraction of sp³-hybridized carbons (Fsp3) is 1.00. The lowest BCUT2D eigenvalue weighted by Gasteiger charge is -2.35. The molecule has 0 unspecified atom stereocenters. The van der Waals surface area contributed by atoms with Gasteiger partial charge in [0.05, 0.1) is 12.2 Å². The maximum Gasteiger partial charge on any atom is 0.0828 e. The summed E-state index contributed by atoms with van der Waals surface area (Å²) in [6, 6.07) is 0. The van der Waals surface area contributed by atoms with Crippen LogP contribution in [0, 0.1) is 0 Å². The molecule has 2 N–H and O–H groups in total. The van der Waals surface area contributed by atoms with E-state index in [1.807, 2.05) is 0 Å². The number of rotatable bonds is 2. The van der Waals surface area contributed by atoms with E-state index >= 15 is 0 Å². The van der Waals surface area contributed by atoms with Crippen molar-refractivity contribution in [3.63, 3.8) is 0 Å². The minimum atomic E-state index is 0.511. The molecule has 0 aromatic heterocycles. The average molecular weight is 128 g/mol. The van der Waals surface area contributed by atoms with Crippen molar-refractivity contribution in [1.82, 2.24) is 10.6 Å². The van der Waals surface area contributed by atoms with Crippen molar-refractivity contribution < 1.29 is 4.74 Å². The van der Waals surface area contributed by atoms with Gasteiger partial charge in [-0.15, -0.1) is 0 Å². The van der Waals surface area contributed by atoms with E-state index in [-0.39, 0.29) is 0 Å². The quantitative estimate of drug-likeness (QED) is 0.497. The van der Waals surface area contributed by atoms with Crippen molar-refractivity contribution in [3.8, 4) is 0 Å². The molecule has 0 radical (unpaired) electrons. The Morgan fingerprint density at radius 3 is 1.56 bits per heavy atom. The van der Waals surface area contributed by atoms with Gasteiger partial charge in [-0.1, -0.05) is 0 Å². The zero-order valence-corrected chi connectivity index (χ0v) is 5.39. The molecule has 0 atom stereocenters. The van der Waals surface area contributed by atoms with Crippen molar-refractivity contribution in [2.24, 2.45) is 0 Å². The molecule has 0 amide bonds. The first-order chi connectivity index (χ1) is 4.45. The SMILES string of the molecule is C1NCC1OC1CNC1. The van der Waals surface area contributed by atoms with Crippen LogP contribution in [0.4, 0.5) is 0 Å². The van der Waals surface area contributed by atoms with Crippen molar-refractivity contribution in [2.45, 2.75) is 12.2 Å². The molecule has 3 heteroatoms. The van der Waals surface area contributed by atoms with E-state index < -0.39 is 0 Å². The van der Waals surface area contributed by atoms with Crippen molar-refractivity contribution in [1.29, 1.82) is 0 Å². The summed E-state index contributed by atoms with van der Waals surface area (Å²) in [4.78, 5) is 0. The monoisotopic (exact) mass is 128 g/mol. The van der Waals surface area contributed by atoms with Crippen LogP contribution in [0.25, 0.3) is 0 Å². The maximum atomic E-state index is 5.60. The predicted molar refractivity (Wildman–Crippen MR) is 34.4 cm³/mol. The molecule has 0 aromatic carbocycles. The number of hydrogen-bond acceptors (Lipinski definition) is 3. The number of hydrogen-bond donors (Lipinski definition) is 2. The van der Waals surface area contributed by atoms with Crippen LogP contribution in [0.3, 0.4) is 0 Å². The van der Waals surface area contributed by atoms with Crippen LogP contribution < -0.4 is 10.6 Å². The van der Waals surface area contributed by atoms with Crippen LogP contribution in [-0.2, 0) is 4.74 Å². The summed E-state index contributed by atoms with van der Waals surface area (Å²) in [5, 5.41) is 6.34. The molecular formula is C6H12N2O. The Morgan fingerprint density at radius 2 is 1.33 bits per heavy atom. The van der Waals surface area contributed by atoms with Gasteiger partial charge < -0.3 is 15.4 Å². The van der Waals surface area contributed by atoms with E-state index in [2.05, 4.69) is 10.6 Å². The molecule has 3 nitrogen and oxygen atoms in total. The summed E-state index contributed by atoms with van der Waals surface area (Å²) >= 11 is 0. The Bertz CT molecular complexity index is 87.2. The second-order valence-corrected chi connectivity index (χ2v) is 2.70. The molecule has 2 heterocycles. The minimum Gasteiger partial charge on any atom is -0.370 e. The lowest BCUT2D eigenvalue weighted by atomic mass is 10.2. The molecule has 2 rings (SSSR count). The van der Waals surface area contributed by atoms with Crippen LogP contribution in [0.2, 0.25) is 0 Å². The highest BCUT2D eigenvalue weighted by molar-refractivity contribution is 4.81. The van der Waals surface area contributed by atoms with E-state index in [1.54, 1.807) is 0 Å². The Morgan fingerprint density at radius 1 is 0.889 bits per heavy atom. The summed E-state index contributed by atoms with van der Waals surface area (Å²) in [6.45, 7) is 4.21. The zero-order chi connectivity index (χ0) is 6.10. The minimum absolute atomic E-state index is 0.511. The van der Waals surface area contributed by atoms with Gasteiger partial charge in [0, 0.05) is 26.2 Å². The summed E-state index contributed by atoms with van der Waals surface area (Å²) in [5.74, 6) is 0. The first kappa shape index (κ1) is 5.65. The van der Waals surface area contributed by atoms with Crippen LogP contribution in [0.1, 0.15) is 0 Å². The molecule has 0 saturated carbocycles. The highest BCUT2D eigenvalue weighted by Gasteiger charge is 2.25. The maximum absolute atomic E-state index is 5.60. The Kier molecular flexibility index (Phi) is 1.41. The molecule has 0 aromatic rings. The van der Waals surface area contributed by atoms with E-state index in [9.17, 15) is 0 Å². The van der Waals surface area contributed by atoms with Gasteiger partial charge in [0.25, 0.3) is 0 Å². The second kappa shape index (κ2) is 2.25. The number of ether oxygens (including phenoxy) is 1. The van der Waals surface area contributed by atoms with Gasteiger partial charge in [-0.25, -0.2) is 0 Å². The van der Waals surface area contributed by atoms with Gasteiger partial charge in [0.1, 0.15) is 0 Å². The highest BCUT2D eigenvalue weighted by atomic mass is 16.5. The largest absolute Gasteiger partial charge is 0.370 e. The third-order valence-electron chi connectivity index (χ3n) is 1.87. The molecule has 0 bridgehead atoms. The third-order valence-corrected chi connectivity index (χ3v) is 1.87. The first-order valence-electron chi connectivity index (χ1n) is 3.52. The standard InChI is InChI=1S/C6H12N2O/c1-5(2-7-1)9-6-3-8-4-6/h5-8H,1-4H2. The molecule has 2 aliphatic heterocycles. The van der Waals surface area contributed by atoms with Crippen LogP contribution in [0.5, 0.6) is 0 Å². The van der Waals surface area contributed by atoms with Crippen LogP contribution in [0.15, 0.2) is 0 Å². The van der Waals surface area contributed by atoms with Gasteiger partial charge >= 0.3 is 0 Å². The second-order valence-electron chi connectivity index (χ2n) is 2.70. The van der Waals surface area contributed by atoms with E-state index in [0.29, 0.717) is 12.2 Å². The molecule has 52 valence electrons. The zero-order valence-electron chi connectivity index (χ0n) is 5.39. The van der Waals surface area contributed by atoms with Gasteiger partial charge in [-0.2, -0.15) is 0 Å². The van der Waals surface area contributed by atoms with Crippen molar-refractivity contribution in [2.75, 3.05) is 26.2 Å². The van der Waals surface area contributed by atoms with Crippen LogP contribution in [-0.4, -0.2) is 38.4 Å². The van der Waals surface area contributed by atoms with Crippen LogP contribution >= 0.6 is 0 Å². The molecule has 2 saturated heterocycles.